The lowest BCUT2D eigenvalue weighted by molar-refractivity contribution is 0.216. The third-order valence-corrected chi connectivity index (χ3v) is 3.34. The second kappa shape index (κ2) is 5.46. The lowest BCUT2D eigenvalue weighted by atomic mass is 9.97. The van der Waals surface area contributed by atoms with E-state index in [4.69, 9.17) is 0 Å². The molecule has 1 aromatic heterocycles. The smallest absolute Gasteiger partial charge is 0.103 e. The average Bonchev–Trinajstić information content (AvgIpc) is 2.67. The van der Waals surface area contributed by atoms with E-state index < -0.39 is 0 Å². The first-order chi connectivity index (χ1) is 7.74. The summed E-state index contributed by atoms with van der Waals surface area (Å²) >= 11 is 0. The number of piperidine rings is 1. The first-order valence-corrected chi connectivity index (χ1v) is 6.14. The molecule has 90 valence electrons. The van der Waals surface area contributed by atoms with Crippen molar-refractivity contribution in [1.29, 1.82) is 0 Å². The molecule has 1 saturated heterocycles. The number of nitrogens with zero attached hydrogens (tertiary/aromatic N) is 2. The van der Waals surface area contributed by atoms with Gasteiger partial charge in [0.2, 0.25) is 0 Å². The van der Waals surface area contributed by atoms with Crippen molar-refractivity contribution in [2.45, 2.75) is 26.3 Å². The molecule has 0 saturated carbocycles. The van der Waals surface area contributed by atoms with Crippen LogP contribution in [0.3, 0.4) is 0 Å². The number of hydrogen-bond acceptors (Lipinski definition) is 3. The Morgan fingerprint density at radius 1 is 1.50 bits per heavy atom. The highest BCUT2D eigenvalue weighted by Crippen LogP contribution is 2.14. The zero-order valence-electron chi connectivity index (χ0n) is 10.3. The van der Waals surface area contributed by atoms with E-state index in [0.29, 0.717) is 0 Å². The summed E-state index contributed by atoms with van der Waals surface area (Å²) in [6, 6.07) is 0. The van der Waals surface area contributed by atoms with Crippen LogP contribution in [0, 0.1) is 12.8 Å². The van der Waals surface area contributed by atoms with Gasteiger partial charge in [-0.05, 0) is 52.4 Å². The molecule has 4 heteroatoms. The summed E-state index contributed by atoms with van der Waals surface area (Å²) in [4.78, 5) is 9.84. The van der Waals surface area contributed by atoms with Gasteiger partial charge in [-0.25, -0.2) is 4.98 Å². The van der Waals surface area contributed by atoms with Gasteiger partial charge in [0.1, 0.15) is 5.82 Å². The van der Waals surface area contributed by atoms with E-state index in [1.807, 2.05) is 13.1 Å². The summed E-state index contributed by atoms with van der Waals surface area (Å²) in [5, 5.41) is 3.51. The molecule has 0 bridgehead atoms. The van der Waals surface area contributed by atoms with Crippen LogP contribution in [0.4, 0.5) is 0 Å². The van der Waals surface area contributed by atoms with E-state index in [1.165, 1.54) is 31.6 Å². The summed E-state index contributed by atoms with van der Waals surface area (Å²) in [5.41, 5.74) is 1.19. The first-order valence-electron chi connectivity index (χ1n) is 6.14. The average molecular weight is 222 g/mol. The fourth-order valence-corrected chi connectivity index (χ4v) is 2.24. The molecule has 2 heterocycles. The highest BCUT2D eigenvalue weighted by atomic mass is 15.1. The van der Waals surface area contributed by atoms with Crippen LogP contribution in [0.1, 0.15) is 24.4 Å². The van der Waals surface area contributed by atoms with Crippen LogP contribution >= 0.6 is 0 Å². The Kier molecular flexibility index (Phi) is 3.96. The van der Waals surface area contributed by atoms with Gasteiger partial charge < -0.3 is 15.2 Å². The van der Waals surface area contributed by atoms with Crippen LogP contribution in [-0.2, 0) is 6.54 Å². The minimum absolute atomic E-state index is 0.847. The van der Waals surface area contributed by atoms with E-state index in [1.54, 1.807) is 0 Å². The summed E-state index contributed by atoms with van der Waals surface area (Å²) in [7, 11) is 2.21. The van der Waals surface area contributed by atoms with Crippen molar-refractivity contribution in [3.63, 3.8) is 0 Å². The van der Waals surface area contributed by atoms with Crippen LogP contribution in [0.25, 0.3) is 0 Å². The standard InChI is InChI=1S/C12H22N4/c1-10-14-9-12(15-10)8-13-7-11-3-5-16(2)6-4-11/h9,11,13H,3-8H2,1-2H3,(H,14,15). The highest BCUT2D eigenvalue weighted by Gasteiger charge is 2.15. The Hall–Kier alpha value is -0.870. The molecule has 4 nitrogen and oxygen atoms in total. The monoisotopic (exact) mass is 222 g/mol. The minimum Gasteiger partial charge on any atom is -0.345 e. The van der Waals surface area contributed by atoms with Crippen LogP contribution in [0.5, 0.6) is 0 Å². The van der Waals surface area contributed by atoms with Gasteiger partial charge >= 0.3 is 0 Å². The van der Waals surface area contributed by atoms with Gasteiger partial charge in [-0.3, -0.25) is 0 Å². The van der Waals surface area contributed by atoms with Gasteiger partial charge in [-0.1, -0.05) is 0 Å². The fraction of sp³-hybridized carbons (Fsp3) is 0.750. The van der Waals surface area contributed by atoms with Crippen molar-refractivity contribution in [3.05, 3.63) is 17.7 Å². The van der Waals surface area contributed by atoms with Gasteiger partial charge in [0.05, 0.1) is 0 Å². The number of likely N-dealkylation sites (tertiary alicyclic amines) is 1. The number of imidazole rings is 1. The predicted molar refractivity (Wildman–Crippen MR) is 65.3 cm³/mol. The second-order valence-electron chi connectivity index (χ2n) is 4.87. The van der Waals surface area contributed by atoms with Crippen molar-refractivity contribution >= 4 is 0 Å². The first kappa shape index (κ1) is 11.6. The van der Waals surface area contributed by atoms with Crippen LogP contribution in [0.2, 0.25) is 0 Å². The molecule has 0 radical (unpaired) electrons. The molecule has 1 aromatic rings. The molecule has 16 heavy (non-hydrogen) atoms. The molecule has 2 rings (SSSR count). The normalized spacial score (nSPS) is 19.1. The summed E-state index contributed by atoms with van der Waals surface area (Å²) < 4.78 is 0. The molecule has 0 unspecified atom stereocenters. The van der Waals surface area contributed by atoms with E-state index >= 15 is 0 Å². The van der Waals surface area contributed by atoms with Gasteiger partial charge in [0.25, 0.3) is 0 Å². The Morgan fingerprint density at radius 2 is 2.25 bits per heavy atom. The molecular weight excluding hydrogens is 200 g/mol. The van der Waals surface area contributed by atoms with E-state index in [9.17, 15) is 0 Å². The summed E-state index contributed by atoms with van der Waals surface area (Å²) in [6.45, 7) is 6.52. The van der Waals surface area contributed by atoms with Crippen LogP contribution in [-0.4, -0.2) is 41.5 Å². The Balaban J connectivity index is 1.64. The number of aromatic nitrogens is 2. The predicted octanol–water partition coefficient (Wildman–Crippen LogP) is 1.15. The largest absolute Gasteiger partial charge is 0.345 e. The summed E-state index contributed by atoms with van der Waals surface area (Å²) in [6.07, 6.45) is 4.56. The number of aromatic amines is 1. The third kappa shape index (κ3) is 3.32. The van der Waals surface area contributed by atoms with Crippen molar-refractivity contribution < 1.29 is 0 Å². The van der Waals surface area contributed by atoms with Crippen molar-refractivity contribution in [3.8, 4) is 0 Å². The molecule has 0 spiro atoms. The quantitative estimate of drug-likeness (QED) is 0.803. The molecule has 0 aromatic carbocycles. The van der Waals surface area contributed by atoms with Gasteiger partial charge in [-0.2, -0.15) is 0 Å². The summed E-state index contributed by atoms with van der Waals surface area (Å²) in [5.74, 6) is 1.84. The molecule has 1 aliphatic rings. The molecule has 0 atom stereocenters. The maximum absolute atomic E-state index is 4.19. The second-order valence-corrected chi connectivity index (χ2v) is 4.87. The lowest BCUT2D eigenvalue weighted by Crippen LogP contribution is -2.34. The molecule has 1 fully saturated rings. The molecule has 2 N–H and O–H groups in total. The number of nitrogens with one attached hydrogen (secondary N) is 2. The molecule has 1 aliphatic heterocycles. The van der Waals surface area contributed by atoms with Crippen molar-refractivity contribution in [2.75, 3.05) is 26.7 Å². The third-order valence-electron chi connectivity index (χ3n) is 3.34. The zero-order valence-corrected chi connectivity index (χ0v) is 10.3. The number of H-pyrrole nitrogens is 1. The molecule has 0 amide bonds. The fourth-order valence-electron chi connectivity index (χ4n) is 2.24. The van der Waals surface area contributed by atoms with Crippen LogP contribution in [0.15, 0.2) is 6.20 Å². The van der Waals surface area contributed by atoms with Gasteiger partial charge in [-0.15, -0.1) is 0 Å². The number of rotatable bonds is 4. The van der Waals surface area contributed by atoms with E-state index in [0.717, 1.165) is 24.8 Å². The zero-order chi connectivity index (χ0) is 11.4. The van der Waals surface area contributed by atoms with Crippen LogP contribution < -0.4 is 5.32 Å². The highest BCUT2D eigenvalue weighted by molar-refractivity contribution is 4.99. The number of hydrogen-bond donors (Lipinski definition) is 2. The lowest BCUT2D eigenvalue weighted by Gasteiger charge is -2.28. The maximum atomic E-state index is 4.19. The SMILES string of the molecule is Cc1ncc(CNCC2CCN(C)CC2)[nH]1. The Morgan fingerprint density at radius 3 is 2.88 bits per heavy atom. The Bertz CT molecular complexity index is 313. The van der Waals surface area contributed by atoms with Crippen molar-refractivity contribution in [1.82, 2.24) is 20.2 Å². The topological polar surface area (TPSA) is 44.0 Å². The van der Waals surface area contributed by atoms with E-state index in [-0.39, 0.29) is 0 Å². The van der Waals surface area contributed by atoms with Gasteiger partial charge in [0, 0.05) is 18.4 Å². The minimum atomic E-state index is 0.847. The van der Waals surface area contributed by atoms with Gasteiger partial charge in [0.15, 0.2) is 0 Å². The van der Waals surface area contributed by atoms with E-state index in [2.05, 4.69) is 27.2 Å². The molecular formula is C12H22N4. The Labute approximate surface area is 97.4 Å². The number of aryl methyl sites for hydroxylation is 1. The van der Waals surface area contributed by atoms with Crippen molar-refractivity contribution in [2.24, 2.45) is 5.92 Å². The maximum Gasteiger partial charge on any atom is 0.103 e. The molecule has 0 aliphatic carbocycles.